The minimum atomic E-state index is 0.152. The molecular formula is C17H28N2O2. The molecule has 0 aliphatic heterocycles. The van der Waals surface area contributed by atoms with E-state index in [2.05, 4.69) is 44.9 Å². The van der Waals surface area contributed by atoms with Gasteiger partial charge in [-0.1, -0.05) is 34.6 Å². The Bertz CT molecular complexity index is 431. The van der Waals surface area contributed by atoms with E-state index in [1.165, 1.54) is 0 Å². The Kier molecular flexibility index (Phi) is 5.09. The first-order chi connectivity index (χ1) is 9.82. The molecule has 118 valence electrons. The highest BCUT2D eigenvalue weighted by atomic mass is 16.5. The molecular weight excluding hydrogens is 264 g/mol. The standard InChI is InChI=1S/C17H28N2O2/c1-12(2)19-13-8-15(9-13)21-16-7-6-14(10-18-16)20-11-17(3,4)5/h6-7,10,12-13,15,19H,8-9,11H2,1-5H3/t13-,15+. The predicted octanol–water partition coefficient (Wildman–Crippen LogP) is 3.41. The monoisotopic (exact) mass is 292 g/mol. The number of hydrogen-bond donors (Lipinski definition) is 1. The largest absolute Gasteiger partial charge is 0.491 e. The van der Waals surface area contributed by atoms with Crippen molar-refractivity contribution in [2.24, 2.45) is 5.41 Å². The molecule has 0 atom stereocenters. The highest BCUT2D eigenvalue weighted by Gasteiger charge is 2.31. The molecule has 2 rings (SSSR count). The Morgan fingerprint density at radius 1 is 1.29 bits per heavy atom. The van der Waals surface area contributed by atoms with Crippen LogP contribution in [0.25, 0.3) is 0 Å². The van der Waals surface area contributed by atoms with Gasteiger partial charge in [-0.15, -0.1) is 0 Å². The fraction of sp³-hybridized carbons (Fsp3) is 0.706. The molecule has 1 N–H and O–H groups in total. The molecule has 4 heteroatoms. The summed E-state index contributed by atoms with van der Waals surface area (Å²) in [5.41, 5.74) is 0.152. The third kappa shape index (κ3) is 5.54. The molecule has 1 aliphatic rings. The van der Waals surface area contributed by atoms with Crippen molar-refractivity contribution in [3.8, 4) is 11.6 Å². The summed E-state index contributed by atoms with van der Waals surface area (Å²) >= 11 is 0. The highest BCUT2D eigenvalue weighted by Crippen LogP contribution is 2.26. The summed E-state index contributed by atoms with van der Waals surface area (Å²) in [6, 6.07) is 4.94. The van der Waals surface area contributed by atoms with Gasteiger partial charge in [0.2, 0.25) is 5.88 Å². The zero-order valence-electron chi connectivity index (χ0n) is 13.8. The molecule has 1 fully saturated rings. The molecule has 1 aromatic rings. The van der Waals surface area contributed by atoms with Gasteiger partial charge in [0.15, 0.2) is 0 Å². The number of nitrogens with one attached hydrogen (secondary N) is 1. The van der Waals surface area contributed by atoms with Gasteiger partial charge in [-0.05, 0) is 24.3 Å². The maximum absolute atomic E-state index is 5.86. The van der Waals surface area contributed by atoms with Crippen molar-refractivity contribution >= 4 is 0 Å². The van der Waals surface area contributed by atoms with Gasteiger partial charge in [0.05, 0.1) is 12.8 Å². The molecule has 0 aromatic carbocycles. The SMILES string of the molecule is CC(C)N[C@H]1C[C@@H](Oc2ccc(OCC(C)(C)C)cn2)C1. The first-order valence-corrected chi connectivity index (χ1v) is 7.83. The van der Waals surface area contributed by atoms with Crippen LogP contribution in [-0.4, -0.2) is 29.8 Å². The van der Waals surface area contributed by atoms with Crippen LogP contribution in [0.3, 0.4) is 0 Å². The van der Waals surface area contributed by atoms with Crippen LogP contribution >= 0.6 is 0 Å². The van der Waals surface area contributed by atoms with Gasteiger partial charge in [-0.25, -0.2) is 4.98 Å². The smallest absolute Gasteiger partial charge is 0.213 e. The molecule has 1 aliphatic carbocycles. The van der Waals surface area contributed by atoms with E-state index < -0.39 is 0 Å². The van der Waals surface area contributed by atoms with Crippen molar-refractivity contribution in [3.63, 3.8) is 0 Å². The average molecular weight is 292 g/mol. The lowest BCUT2D eigenvalue weighted by Crippen LogP contribution is -2.49. The normalized spacial score (nSPS) is 22.0. The van der Waals surface area contributed by atoms with Crippen LogP contribution < -0.4 is 14.8 Å². The maximum atomic E-state index is 5.86. The summed E-state index contributed by atoms with van der Waals surface area (Å²) in [5, 5.41) is 3.51. The molecule has 0 saturated heterocycles. The Hall–Kier alpha value is -1.29. The lowest BCUT2D eigenvalue weighted by molar-refractivity contribution is 0.0770. The molecule has 0 spiro atoms. The number of rotatable bonds is 6. The molecule has 0 amide bonds. The van der Waals surface area contributed by atoms with Crippen molar-refractivity contribution in [2.45, 2.75) is 65.6 Å². The summed E-state index contributed by atoms with van der Waals surface area (Å²) < 4.78 is 11.6. The number of ether oxygens (including phenoxy) is 2. The summed E-state index contributed by atoms with van der Waals surface area (Å²) in [6.45, 7) is 11.5. The number of pyridine rings is 1. The van der Waals surface area contributed by atoms with Crippen molar-refractivity contribution in [1.82, 2.24) is 10.3 Å². The van der Waals surface area contributed by atoms with Crippen molar-refractivity contribution < 1.29 is 9.47 Å². The fourth-order valence-corrected chi connectivity index (χ4v) is 2.26. The van der Waals surface area contributed by atoms with E-state index in [1.54, 1.807) is 6.20 Å². The molecule has 4 nitrogen and oxygen atoms in total. The van der Waals surface area contributed by atoms with Crippen LogP contribution in [0.5, 0.6) is 11.6 Å². The van der Waals surface area contributed by atoms with Crippen molar-refractivity contribution in [1.29, 1.82) is 0 Å². The van der Waals surface area contributed by atoms with Gasteiger partial charge in [-0.3, -0.25) is 0 Å². The fourth-order valence-electron chi connectivity index (χ4n) is 2.26. The molecule has 0 unspecified atom stereocenters. The van der Waals surface area contributed by atoms with Crippen LogP contribution in [-0.2, 0) is 0 Å². The molecule has 0 radical (unpaired) electrons. The summed E-state index contributed by atoms with van der Waals surface area (Å²) in [4.78, 5) is 4.32. The van der Waals surface area contributed by atoms with Gasteiger partial charge < -0.3 is 14.8 Å². The minimum absolute atomic E-state index is 0.152. The van der Waals surface area contributed by atoms with Crippen LogP contribution in [0.1, 0.15) is 47.5 Å². The molecule has 1 saturated carbocycles. The van der Waals surface area contributed by atoms with Crippen LogP contribution in [0, 0.1) is 5.41 Å². The third-order valence-corrected chi connectivity index (χ3v) is 3.33. The molecule has 1 aromatic heterocycles. The Morgan fingerprint density at radius 2 is 2.00 bits per heavy atom. The van der Waals surface area contributed by atoms with Crippen molar-refractivity contribution in [2.75, 3.05) is 6.61 Å². The van der Waals surface area contributed by atoms with Gasteiger partial charge in [0, 0.05) is 18.2 Å². The van der Waals surface area contributed by atoms with Gasteiger partial charge in [0.25, 0.3) is 0 Å². The summed E-state index contributed by atoms with van der Waals surface area (Å²) in [5.74, 6) is 1.48. The maximum Gasteiger partial charge on any atom is 0.213 e. The van der Waals surface area contributed by atoms with Gasteiger partial charge >= 0.3 is 0 Å². The van der Waals surface area contributed by atoms with E-state index in [-0.39, 0.29) is 11.5 Å². The van der Waals surface area contributed by atoms with E-state index in [0.29, 0.717) is 24.6 Å². The van der Waals surface area contributed by atoms with Crippen molar-refractivity contribution in [3.05, 3.63) is 18.3 Å². The van der Waals surface area contributed by atoms with E-state index >= 15 is 0 Å². The zero-order chi connectivity index (χ0) is 15.5. The molecule has 0 bridgehead atoms. The average Bonchev–Trinajstić information content (AvgIpc) is 2.34. The number of aromatic nitrogens is 1. The van der Waals surface area contributed by atoms with E-state index in [1.807, 2.05) is 12.1 Å². The van der Waals surface area contributed by atoms with Gasteiger partial charge in [-0.2, -0.15) is 0 Å². The minimum Gasteiger partial charge on any atom is -0.491 e. The quantitative estimate of drug-likeness (QED) is 0.872. The third-order valence-electron chi connectivity index (χ3n) is 3.33. The predicted molar refractivity (Wildman–Crippen MR) is 84.9 cm³/mol. The lowest BCUT2D eigenvalue weighted by Gasteiger charge is -2.36. The van der Waals surface area contributed by atoms with Crippen LogP contribution in [0.2, 0.25) is 0 Å². The first kappa shape index (κ1) is 16.1. The summed E-state index contributed by atoms with van der Waals surface area (Å²) in [6.07, 6.45) is 4.14. The lowest BCUT2D eigenvalue weighted by atomic mass is 9.89. The van der Waals surface area contributed by atoms with Gasteiger partial charge in [0.1, 0.15) is 11.9 Å². The summed E-state index contributed by atoms with van der Waals surface area (Å²) in [7, 11) is 0. The number of hydrogen-bond acceptors (Lipinski definition) is 4. The first-order valence-electron chi connectivity index (χ1n) is 7.83. The van der Waals surface area contributed by atoms with E-state index in [4.69, 9.17) is 9.47 Å². The molecule has 21 heavy (non-hydrogen) atoms. The zero-order valence-corrected chi connectivity index (χ0v) is 13.8. The van der Waals surface area contributed by atoms with E-state index in [0.717, 1.165) is 18.6 Å². The number of nitrogens with zero attached hydrogens (tertiary/aromatic N) is 1. The second-order valence-corrected chi connectivity index (χ2v) is 7.41. The Morgan fingerprint density at radius 3 is 2.52 bits per heavy atom. The molecule has 1 heterocycles. The highest BCUT2D eigenvalue weighted by molar-refractivity contribution is 5.23. The topological polar surface area (TPSA) is 43.4 Å². The Balaban J connectivity index is 1.74. The second kappa shape index (κ2) is 6.65. The second-order valence-electron chi connectivity index (χ2n) is 7.41. The van der Waals surface area contributed by atoms with E-state index in [9.17, 15) is 0 Å². The Labute approximate surface area is 128 Å². The van der Waals surface area contributed by atoms with Crippen LogP contribution in [0.4, 0.5) is 0 Å². The van der Waals surface area contributed by atoms with Crippen LogP contribution in [0.15, 0.2) is 18.3 Å².